The summed E-state index contributed by atoms with van der Waals surface area (Å²) in [4.78, 5) is 36.3. The summed E-state index contributed by atoms with van der Waals surface area (Å²) in [5.41, 5.74) is 0. The van der Waals surface area contributed by atoms with Gasteiger partial charge in [-0.2, -0.15) is 0 Å². The number of carbonyl (C=O) groups excluding carboxylic acids is 3. The van der Waals surface area contributed by atoms with Gasteiger partial charge in [-0.25, -0.2) is 0 Å². The van der Waals surface area contributed by atoms with Crippen molar-refractivity contribution in [3.63, 3.8) is 0 Å². The molecule has 0 aliphatic carbocycles. The first-order valence-corrected chi connectivity index (χ1v) is 9.82. The van der Waals surface area contributed by atoms with Gasteiger partial charge in [0.15, 0.2) is 6.61 Å². The van der Waals surface area contributed by atoms with Gasteiger partial charge in [0.25, 0.3) is 5.91 Å². The van der Waals surface area contributed by atoms with Crippen LogP contribution in [0.1, 0.15) is 20.3 Å². The van der Waals surface area contributed by atoms with Crippen LogP contribution in [0.25, 0.3) is 10.8 Å². The summed E-state index contributed by atoms with van der Waals surface area (Å²) >= 11 is 1.35. The molecule has 0 unspecified atom stereocenters. The van der Waals surface area contributed by atoms with Gasteiger partial charge in [-0.05, 0) is 36.2 Å². The number of nitrogens with one attached hydrogen (secondary N) is 2. The number of hydrogen-bond acceptors (Lipinski definition) is 5. The van der Waals surface area contributed by atoms with Gasteiger partial charge in [0.1, 0.15) is 6.04 Å². The van der Waals surface area contributed by atoms with Crippen molar-refractivity contribution in [2.45, 2.75) is 31.2 Å². The lowest BCUT2D eigenvalue weighted by molar-refractivity contribution is -0.146. The Labute approximate surface area is 163 Å². The van der Waals surface area contributed by atoms with Crippen molar-refractivity contribution in [1.29, 1.82) is 0 Å². The molecule has 2 amide bonds. The van der Waals surface area contributed by atoms with E-state index in [2.05, 4.69) is 10.6 Å². The molecule has 144 valence electrons. The molecule has 0 aliphatic rings. The summed E-state index contributed by atoms with van der Waals surface area (Å²) in [6.45, 7) is 3.68. The minimum atomic E-state index is -0.672. The van der Waals surface area contributed by atoms with Crippen molar-refractivity contribution in [2.75, 3.05) is 18.9 Å². The van der Waals surface area contributed by atoms with Crippen LogP contribution in [0.3, 0.4) is 0 Å². The molecule has 0 aromatic heterocycles. The van der Waals surface area contributed by atoms with Crippen LogP contribution in [0.5, 0.6) is 0 Å². The summed E-state index contributed by atoms with van der Waals surface area (Å²) in [6, 6.07) is 13.3. The summed E-state index contributed by atoms with van der Waals surface area (Å²) in [7, 11) is 0. The Hall–Kier alpha value is -2.54. The third kappa shape index (κ3) is 6.94. The van der Waals surface area contributed by atoms with Gasteiger partial charge < -0.3 is 15.4 Å². The van der Waals surface area contributed by atoms with E-state index >= 15 is 0 Å². The Morgan fingerprint density at radius 3 is 2.59 bits per heavy atom. The van der Waals surface area contributed by atoms with E-state index in [1.165, 1.54) is 11.8 Å². The highest BCUT2D eigenvalue weighted by Crippen LogP contribution is 2.23. The highest BCUT2D eigenvalue weighted by atomic mass is 32.2. The van der Waals surface area contributed by atoms with Gasteiger partial charge in [-0.3, -0.25) is 14.4 Å². The molecule has 0 aliphatic heterocycles. The van der Waals surface area contributed by atoms with Gasteiger partial charge in [0, 0.05) is 11.4 Å². The van der Waals surface area contributed by atoms with Gasteiger partial charge >= 0.3 is 5.97 Å². The molecule has 0 saturated carbocycles. The van der Waals surface area contributed by atoms with Crippen LogP contribution in [0.15, 0.2) is 47.4 Å². The fraction of sp³-hybridized carbons (Fsp3) is 0.350. The summed E-state index contributed by atoms with van der Waals surface area (Å²) in [5.74, 6) is -1.13. The minimum absolute atomic E-state index is 0.109. The molecular weight excluding hydrogens is 364 g/mol. The summed E-state index contributed by atoms with van der Waals surface area (Å²) in [6.07, 6.45) is 0.818. The van der Waals surface area contributed by atoms with Gasteiger partial charge in [-0.15, -0.1) is 11.8 Å². The Bertz CT molecular complexity index is 809. The number of carbonyl (C=O) groups is 3. The quantitative estimate of drug-likeness (QED) is 0.509. The normalized spacial score (nSPS) is 11.6. The number of hydrogen-bond donors (Lipinski definition) is 2. The zero-order valence-corrected chi connectivity index (χ0v) is 16.3. The second-order valence-electron chi connectivity index (χ2n) is 6.04. The molecule has 0 heterocycles. The number of thioether (sulfide) groups is 1. The predicted molar refractivity (Wildman–Crippen MR) is 107 cm³/mol. The van der Waals surface area contributed by atoms with Crippen LogP contribution < -0.4 is 10.6 Å². The highest BCUT2D eigenvalue weighted by Gasteiger charge is 2.16. The van der Waals surface area contributed by atoms with Crippen molar-refractivity contribution in [2.24, 2.45) is 0 Å². The monoisotopic (exact) mass is 388 g/mol. The number of amides is 2. The summed E-state index contributed by atoms with van der Waals surface area (Å²) < 4.78 is 4.97. The average Bonchev–Trinajstić information content (AvgIpc) is 2.68. The maximum absolute atomic E-state index is 11.8. The molecule has 0 spiro atoms. The first-order chi connectivity index (χ1) is 13.0. The van der Waals surface area contributed by atoms with Gasteiger partial charge in [0.2, 0.25) is 5.91 Å². The number of ether oxygens (including phenoxy) is 1. The zero-order valence-electron chi connectivity index (χ0n) is 15.5. The fourth-order valence-electron chi connectivity index (χ4n) is 2.34. The third-order valence-corrected chi connectivity index (χ3v) is 4.73. The Morgan fingerprint density at radius 1 is 1.11 bits per heavy atom. The van der Waals surface area contributed by atoms with Crippen molar-refractivity contribution in [1.82, 2.24) is 10.6 Å². The molecule has 6 nitrogen and oxygen atoms in total. The van der Waals surface area contributed by atoms with Crippen LogP contribution in [0.4, 0.5) is 0 Å². The van der Waals surface area contributed by atoms with E-state index in [0.29, 0.717) is 6.54 Å². The molecule has 2 N–H and O–H groups in total. The van der Waals surface area contributed by atoms with Crippen LogP contribution in [0, 0.1) is 0 Å². The van der Waals surface area contributed by atoms with Crippen LogP contribution in [-0.2, 0) is 19.1 Å². The lowest BCUT2D eigenvalue weighted by Crippen LogP contribution is -2.46. The predicted octanol–water partition coefficient (Wildman–Crippen LogP) is 2.51. The molecule has 2 rings (SSSR count). The largest absolute Gasteiger partial charge is 0.455 e. The SMILES string of the molecule is CCCNC(=O)[C@@H](C)NC(=O)COC(=O)CSc1ccc2ccccc2c1. The minimum Gasteiger partial charge on any atom is -0.455 e. The third-order valence-electron chi connectivity index (χ3n) is 3.76. The fourth-order valence-corrected chi connectivity index (χ4v) is 3.08. The standard InChI is InChI=1S/C20H24N2O4S/c1-3-10-21-20(25)14(2)22-18(23)12-26-19(24)13-27-17-9-8-15-6-4-5-7-16(15)11-17/h4-9,11,14H,3,10,12-13H2,1-2H3,(H,21,25)(H,22,23)/t14-/m1/s1. The number of fused-ring (bicyclic) bond motifs is 1. The van der Waals surface area contributed by atoms with Crippen molar-refractivity contribution < 1.29 is 19.1 Å². The second kappa shape index (κ2) is 10.6. The maximum Gasteiger partial charge on any atom is 0.316 e. The van der Waals surface area contributed by atoms with Gasteiger partial charge in [0.05, 0.1) is 5.75 Å². The maximum atomic E-state index is 11.8. The summed E-state index contributed by atoms with van der Waals surface area (Å²) in [5, 5.41) is 7.43. The van der Waals surface area contributed by atoms with Gasteiger partial charge in [-0.1, -0.05) is 37.3 Å². The molecule has 0 fully saturated rings. The van der Waals surface area contributed by atoms with Crippen LogP contribution in [-0.4, -0.2) is 42.7 Å². The lowest BCUT2D eigenvalue weighted by atomic mass is 10.1. The average molecular weight is 388 g/mol. The van der Waals surface area contributed by atoms with Crippen molar-refractivity contribution in [3.8, 4) is 0 Å². The second-order valence-corrected chi connectivity index (χ2v) is 7.09. The smallest absolute Gasteiger partial charge is 0.316 e. The zero-order chi connectivity index (χ0) is 19.6. The van der Waals surface area contributed by atoms with E-state index in [-0.39, 0.29) is 11.7 Å². The first-order valence-electron chi connectivity index (χ1n) is 8.84. The molecule has 2 aromatic carbocycles. The molecule has 0 bridgehead atoms. The van der Waals surface area contributed by atoms with E-state index in [4.69, 9.17) is 4.74 Å². The molecule has 0 radical (unpaired) electrons. The lowest BCUT2D eigenvalue weighted by Gasteiger charge is -2.13. The number of benzene rings is 2. The first kappa shape index (κ1) is 20.8. The van der Waals surface area contributed by atoms with E-state index in [1.54, 1.807) is 6.92 Å². The number of esters is 1. The Kier molecular flexibility index (Phi) is 8.13. The van der Waals surface area contributed by atoms with E-state index in [0.717, 1.165) is 22.1 Å². The molecule has 7 heteroatoms. The van der Waals surface area contributed by atoms with E-state index < -0.39 is 24.5 Å². The number of rotatable bonds is 9. The molecule has 27 heavy (non-hydrogen) atoms. The molecule has 0 saturated heterocycles. The Balaban J connectivity index is 1.72. The van der Waals surface area contributed by atoms with Crippen LogP contribution in [0.2, 0.25) is 0 Å². The molecular formula is C20H24N2O4S. The van der Waals surface area contributed by atoms with Crippen molar-refractivity contribution >= 4 is 40.3 Å². The molecule has 1 atom stereocenters. The topological polar surface area (TPSA) is 84.5 Å². The Morgan fingerprint density at radius 2 is 1.85 bits per heavy atom. The highest BCUT2D eigenvalue weighted by molar-refractivity contribution is 8.00. The van der Waals surface area contributed by atoms with Crippen LogP contribution >= 0.6 is 11.8 Å². The molecule has 2 aromatic rings. The van der Waals surface area contributed by atoms with E-state index in [1.807, 2.05) is 49.4 Å². The van der Waals surface area contributed by atoms with Crippen molar-refractivity contribution in [3.05, 3.63) is 42.5 Å². The van der Waals surface area contributed by atoms with E-state index in [9.17, 15) is 14.4 Å².